The van der Waals surface area contributed by atoms with Crippen molar-refractivity contribution in [3.63, 3.8) is 0 Å². The number of anilines is 1. The van der Waals surface area contributed by atoms with E-state index in [9.17, 15) is 9.90 Å². The number of aromatic hydroxyl groups is 1. The minimum absolute atomic E-state index is 0.0656. The molecule has 0 unspecified atom stereocenters. The second-order valence-corrected chi connectivity index (χ2v) is 5.70. The number of phenols is 1. The lowest BCUT2D eigenvalue weighted by molar-refractivity contribution is -0.116. The molecule has 0 radical (unpaired) electrons. The van der Waals surface area contributed by atoms with Crippen molar-refractivity contribution in [2.24, 2.45) is 0 Å². The predicted molar refractivity (Wildman–Crippen MR) is 88.3 cm³/mol. The molecule has 2 aromatic rings. The Kier molecular flexibility index (Phi) is 5.38. The van der Waals surface area contributed by atoms with Crippen molar-refractivity contribution in [3.05, 3.63) is 41.2 Å². The van der Waals surface area contributed by atoms with Crippen LogP contribution in [0.25, 0.3) is 0 Å². The monoisotopic (exact) mass is 317 g/mol. The molecule has 0 atom stereocenters. The fourth-order valence-electron chi connectivity index (χ4n) is 2.19. The molecule has 0 aliphatic carbocycles. The number of carbonyl (C=O) groups is 1. The lowest BCUT2D eigenvalue weighted by atomic mass is 10.1. The first-order valence-corrected chi connectivity index (χ1v) is 8.19. The van der Waals surface area contributed by atoms with Crippen molar-refractivity contribution in [1.82, 2.24) is 9.97 Å². The highest BCUT2D eigenvalue weighted by molar-refractivity contribution is 7.98. The molecular weight excluding hydrogens is 298 g/mol. The molecule has 0 aliphatic heterocycles. The number of para-hydroxylation sites is 2. The summed E-state index contributed by atoms with van der Waals surface area (Å²) in [5.74, 6) is -0.0786. The Labute approximate surface area is 134 Å². The van der Waals surface area contributed by atoms with Crippen molar-refractivity contribution in [2.75, 3.05) is 11.6 Å². The molecular formula is C16H19N3O2S. The highest BCUT2D eigenvalue weighted by Crippen LogP contribution is 2.22. The van der Waals surface area contributed by atoms with E-state index in [1.54, 1.807) is 24.3 Å². The molecule has 2 N–H and O–H groups in total. The summed E-state index contributed by atoms with van der Waals surface area (Å²) in [6.45, 7) is 3.87. The first-order valence-electron chi connectivity index (χ1n) is 6.97. The standard InChI is InChI=1S/C16H19N3O2S/c1-10-12(11(2)18-16(17-10)22-3)8-9-15(21)19-13-6-4-5-7-14(13)20/h4-7,20H,8-9H2,1-3H3,(H,19,21). The number of hydrogen-bond acceptors (Lipinski definition) is 5. The third-order valence-electron chi connectivity index (χ3n) is 3.36. The Bertz CT molecular complexity index is 666. The van der Waals surface area contributed by atoms with E-state index in [4.69, 9.17) is 0 Å². The van der Waals surface area contributed by atoms with E-state index in [1.165, 1.54) is 11.8 Å². The van der Waals surface area contributed by atoms with Gasteiger partial charge in [-0.15, -0.1) is 0 Å². The van der Waals surface area contributed by atoms with Gasteiger partial charge in [0.25, 0.3) is 0 Å². The SMILES string of the molecule is CSc1nc(C)c(CCC(=O)Nc2ccccc2O)c(C)n1. The summed E-state index contributed by atoms with van der Waals surface area (Å²) in [7, 11) is 0. The molecule has 1 aromatic carbocycles. The lowest BCUT2D eigenvalue weighted by Crippen LogP contribution is -2.13. The highest BCUT2D eigenvalue weighted by Gasteiger charge is 2.11. The molecule has 0 saturated carbocycles. The van der Waals surface area contributed by atoms with Crippen LogP contribution in [0.4, 0.5) is 5.69 Å². The number of benzene rings is 1. The first kappa shape index (κ1) is 16.3. The van der Waals surface area contributed by atoms with Gasteiger partial charge in [-0.1, -0.05) is 23.9 Å². The van der Waals surface area contributed by atoms with Gasteiger partial charge in [-0.25, -0.2) is 9.97 Å². The van der Waals surface area contributed by atoms with Crippen LogP contribution in [0.1, 0.15) is 23.4 Å². The average molecular weight is 317 g/mol. The Balaban J connectivity index is 2.01. The molecule has 22 heavy (non-hydrogen) atoms. The second-order valence-electron chi connectivity index (χ2n) is 4.93. The Morgan fingerprint density at radius 3 is 2.45 bits per heavy atom. The maximum absolute atomic E-state index is 12.0. The average Bonchev–Trinajstić information content (AvgIpc) is 2.48. The fraction of sp³-hybridized carbons (Fsp3) is 0.312. The topological polar surface area (TPSA) is 75.1 Å². The minimum atomic E-state index is -0.144. The summed E-state index contributed by atoms with van der Waals surface area (Å²) >= 11 is 1.50. The summed E-state index contributed by atoms with van der Waals surface area (Å²) in [5, 5.41) is 13.1. The Hall–Kier alpha value is -2.08. The van der Waals surface area contributed by atoms with Crippen LogP contribution in [0.15, 0.2) is 29.4 Å². The summed E-state index contributed by atoms with van der Waals surface area (Å²) in [5.41, 5.74) is 3.25. The van der Waals surface area contributed by atoms with Gasteiger partial charge >= 0.3 is 0 Å². The summed E-state index contributed by atoms with van der Waals surface area (Å²) in [4.78, 5) is 20.8. The number of aromatic nitrogens is 2. The molecule has 0 fully saturated rings. The first-order chi connectivity index (χ1) is 10.5. The van der Waals surface area contributed by atoms with Crippen LogP contribution in [-0.4, -0.2) is 27.2 Å². The number of nitrogens with one attached hydrogen (secondary N) is 1. The number of aryl methyl sites for hydroxylation is 2. The number of hydrogen-bond donors (Lipinski definition) is 2. The van der Waals surface area contributed by atoms with E-state index in [-0.39, 0.29) is 11.7 Å². The van der Waals surface area contributed by atoms with Gasteiger partial charge < -0.3 is 10.4 Å². The van der Waals surface area contributed by atoms with Gasteiger partial charge in [0.15, 0.2) is 5.16 Å². The van der Waals surface area contributed by atoms with E-state index >= 15 is 0 Å². The van der Waals surface area contributed by atoms with Gasteiger partial charge in [0.05, 0.1) is 5.69 Å². The normalized spacial score (nSPS) is 10.5. The smallest absolute Gasteiger partial charge is 0.224 e. The predicted octanol–water partition coefficient (Wildman–Crippen LogP) is 3.09. The number of rotatable bonds is 5. The Morgan fingerprint density at radius 2 is 1.86 bits per heavy atom. The van der Waals surface area contributed by atoms with E-state index in [0.717, 1.165) is 22.1 Å². The Morgan fingerprint density at radius 1 is 1.23 bits per heavy atom. The molecule has 0 spiro atoms. The number of nitrogens with zero attached hydrogens (tertiary/aromatic N) is 2. The van der Waals surface area contributed by atoms with Crippen LogP contribution in [0.2, 0.25) is 0 Å². The van der Waals surface area contributed by atoms with Crippen LogP contribution < -0.4 is 5.32 Å². The van der Waals surface area contributed by atoms with Crippen LogP contribution in [-0.2, 0) is 11.2 Å². The zero-order valence-corrected chi connectivity index (χ0v) is 13.7. The van der Waals surface area contributed by atoms with Gasteiger partial charge in [-0.3, -0.25) is 4.79 Å². The number of thioether (sulfide) groups is 1. The second kappa shape index (κ2) is 7.26. The zero-order chi connectivity index (χ0) is 16.1. The third-order valence-corrected chi connectivity index (χ3v) is 3.91. The summed E-state index contributed by atoms with van der Waals surface area (Å²) < 4.78 is 0. The quantitative estimate of drug-likeness (QED) is 0.503. The molecule has 1 aromatic heterocycles. The van der Waals surface area contributed by atoms with Gasteiger partial charge in [0.2, 0.25) is 5.91 Å². The zero-order valence-electron chi connectivity index (χ0n) is 12.9. The van der Waals surface area contributed by atoms with Crippen LogP contribution in [0.3, 0.4) is 0 Å². The van der Waals surface area contributed by atoms with Gasteiger partial charge in [-0.05, 0) is 44.2 Å². The molecule has 6 heteroatoms. The summed E-state index contributed by atoms with van der Waals surface area (Å²) in [6, 6.07) is 6.68. The number of carbonyl (C=O) groups excluding carboxylic acids is 1. The van der Waals surface area contributed by atoms with E-state index in [2.05, 4.69) is 15.3 Å². The largest absolute Gasteiger partial charge is 0.506 e. The summed E-state index contributed by atoms with van der Waals surface area (Å²) in [6.07, 6.45) is 2.83. The molecule has 5 nitrogen and oxygen atoms in total. The molecule has 0 aliphatic rings. The van der Waals surface area contributed by atoms with Crippen molar-refractivity contribution < 1.29 is 9.90 Å². The van der Waals surface area contributed by atoms with Crippen molar-refractivity contribution in [2.45, 2.75) is 31.8 Å². The van der Waals surface area contributed by atoms with Crippen LogP contribution in [0.5, 0.6) is 5.75 Å². The molecule has 1 amide bonds. The fourth-order valence-corrected chi connectivity index (χ4v) is 2.65. The molecule has 2 rings (SSSR count). The maximum Gasteiger partial charge on any atom is 0.224 e. The maximum atomic E-state index is 12.0. The third kappa shape index (κ3) is 3.98. The van der Waals surface area contributed by atoms with Gasteiger partial charge in [0.1, 0.15) is 5.75 Å². The molecule has 0 saturated heterocycles. The molecule has 116 valence electrons. The van der Waals surface area contributed by atoms with E-state index < -0.39 is 0 Å². The van der Waals surface area contributed by atoms with Crippen molar-refractivity contribution >= 4 is 23.4 Å². The van der Waals surface area contributed by atoms with Gasteiger partial charge in [0, 0.05) is 17.8 Å². The molecule has 0 bridgehead atoms. The number of amides is 1. The van der Waals surface area contributed by atoms with Crippen molar-refractivity contribution in [3.8, 4) is 5.75 Å². The van der Waals surface area contributed by atoms with Crippen molar-refractivity contribution in [1.29, 1.82) is 0 Å². The highest BCUT2D eigenvalue weighted by atomic mass is 32.2. The molecule has 1 heterocycles. The van der Waals surface area contributed by atoms with Gasteiger partial charge in [-0.2, -0.15) is 0 Å². The van der Waals surface area contributed by atoms with Crippen LogP contribution >= 0.6 is 11.8 Å². The minimum Gasteiger partial charge on any atom is -0.506 e. The van der Waals surface area contributed by atoms with E-state index in [1.807, 2.05) is 20.1 Å². The van der Waals surface area contributed by atoms with E-state index in [0.29, 0.717) is 18.5 Å². The lowest BCUT2D eigenvalue weighted by Gasteiger charge is -2.10. The number of phenolic OH excluding ortho intramolecular Hbond substituents is 1. The van der Waals surface area contributed by atoms with Crippen LogP contribution in [0, 0.1) is 13.8 Å².